The zero-order valence-electron chi connectivity index (χ0n) is 11.0. The van der Waals surface area contributed by atoms with E-state index in [0.717, 1.165) is 24.6 Å². The van der Waals surface area contributed by atoms with E-state index in [1.165, 1.54) is 12.8 Å². The Labute approximate surface area is 106 Å². The zero-order chi connectivity index (χ0) is 12.2. The normalized spacial score (nSPS) is 15.2. The van der Waals surface area contributed by atoms with E-state index in [2.05, 4.69) is 44.2 Å². The van der Waals surface area contributed by atoms with E-state index in [9.17, 15) is 0 Å². The number of allylic oxidation sites excluding steroid dienone is 2. The maximum absolute atomic E-state index is 3.68. The van der Waals surface area contributed by atoms with Crippen LogP contribution in [-0.2, 0) is 0 Å². The van der Waals surface area contributed by atoms with Crippen LogP contribution in [0.1, 0.15) is 40.0 Å². The Morgan fingerprint density at radius 2 is 2.12 bits per heavy atom. The minimum absolute atomic E-state index is 0.646. The molecule has 2 unspecified atom stereocenters. The van der Waals surface area contributed by atoms with Crippen LogP contribution in [0.25, 0.3) is 0 Å². The Morgan fingerprint density at radius 3 is 2.75 bits per heavy atom. The molecule has 0 aliphatic heterocycles. The van der Waals surface area contributed by atoms with Crippen LogP contribution >= 0.6 is 11.8 Å². The Balaban J connectivity index is 3.33. The van der Waals surface area contributed by atoms with Crippen molar-refractivity contribution in [3.05, 3.63) is 24.1 Å². The molecule has 0 aliphatic carbocycles. The van der Waals surface area contributed by atoms with Gasteiger partial charge in [-0.05, 0) is 31.1 Å². The van der Waals surface area contributed by atoms with Crippen LogP contribution in [0.15, 0.2) is 24.1 Å². The van der Waals surface area contributed by atoms with Gasteiger partial charge in [-0.3, -0.25) is 0 Å². The quantitative estimate of drug-likeness (QED) is 0.454. The highest BCUT2D eigenvalue weighted by atomic mass is 32.2. The molecule has 0 amide bonds. The molecule has 0 rings (SSSR count). The highest BCUT2D eigenvalue weighted by molar-refractivity contribution is 8.02. The Kier molecular flexibility index (Phi) is 11.1. The Hall–Kier alpha value is -0.210. The van der Waals surface area contributed by atoms with Crippen LogP contribution in [0, 0.1) is 5.92 Å². The van der Waals surface area contributed by atoms with Crippen molar-refractivity contribution >= 4 is 11.8 Å². The van der Waals surface area contributed by atoms with Gasteiger partial charge in [0.1, 0.15) is 0 Å². The molecular weight excluding hydrogens is 214 g/mol. The van der Waals surface area contributed by atoms with Gasteiger partial charge in [0.2, 0.25) is 0 Å². The van der Waals surface area contributed by atoms with Crippen molar-refractivity contribution < 1.29 is 0 Å². The second-order valence-corrected chi connectivity index (χ2v) is 5.38. The van der Waals surface area contributed by atoms with Gasteiger partial charge in [-0.25, -0.2) is 0 Å². The van der Waals surface area contributed by atoms with E-state index < -0.39 is 0 Å². The predicted molar refractivity (Wildman–Crippen MR) is 77.9 cm³/mol. The molecule has 0 aromatic rings. The number of nitrogens with one attached hydrogen (secondary N) is 1. The molecule has 0 spiro atoms. The Bertz CT molecular complexity index is 189. The first-order chi connectivity index (χ1) is 7.70. The number of rotatable bonds is 10. The van der Waals surface area contributed by atoms with Gasteiger partial charge >= 0.3 is 0 Å². The van der Waals surface area contributed by atoms with Crippen LogP contribution in [0.2, 0.25) is 0 Å². The van der Waals surface area contributed by atoms with Crippen molar-refractivity contribution in [2.45, 2.75) is 46.1 Å². The fourth-order valence-electron chi connectivity index (χ4n) is 1.51. The van der Waals surface area contributed by atoms with Crippen molar-refractivity contribution in [3.63, 3.8) is 0 Å². The van der Waals surface area contributed by atoms with Gasteiger partial charge in [0, 0.05) is 18.3 Å². The van der Waals surface area contributed by atoms with Crippen LogP contribution in [0.5, 0.6) is 0 Å². The smallest absolute Gasteiger partial charge is 0.00996 e. The topological polar surface area (TPSA) is 12.0 Å². The first-order valence-corrected chi connectivity index (χ1v) is 7.36. The molecular formula is C14H27NS. The first kappa shape index (κ1) is 15.8. The van der Waals surface area contributed by atoms with Crippen molar-refractivity contribution in [3.8, 4) is 0 Å². The molecule has 16 heavy (non-hydrogen) atoms. The summed E-state index contributed by atoms with van der Waals surface area (Å²) >= 11 is 1.87. The second-order valence-electron chi connectivity index (χ2n) is 4.37. The standard InChI is InChI=1S/C14H27NS/c1-5-7-8-10-16-11-9-15-14(4)12-13(3)6-2/h5,8,10,13-15H,1,6-7,9,11-12H2,2-4H3/b10-8-. The highest BCUT2D eigenvalue weighted by Gasteiger charge is 2.05. The average molecular weight is 241 g/mol. The summed E-state index contributed by atoms with van der Waals surface area (Å²) in [6.45, 7) is 11.6. The van der Waals surface area contributed by atoms with Crippen molar-refractivity contribution in [2.75, 3.05) is 12.3 Å². The third-order valence-corrected chi connectivity index (χ3v) is 3.49. The summed E-state index contributed by atoms with van der Waals surface area (Å²) in [4.78, 5) is 0. The fraction of sp³-hybridized carbons (Fsp3) is 0.714. The van der Waals surface area contributed by atoms with Gasteiger partial charge in [-0.2, -0.15) is 0 Å². The molecule has 0 radical (unpaired) electrons. The summed E-state index contributed by atoms with van der Waals surface area (Å²) in [5.41, 5.74) is 0. The molecule has 0 aromatic carbocycles. The van der Waals surface area contributed by atoms with Crippen molar-refractivity contribution in [1.82, 2.24) is 5.32 Å². The first-order valence-electron chi connectivity index (χ1n) is 6.31. The van der Waals surface area contributed by atoms with E-state index in [4.69, 9.17) is 0 Å². The summed E-state index contributed by atoms with van der Waals surface area (Å²) < 4.78 is 0. The summed E-state index contributed by atoms with van der Waals surface area (Å²) in [5.74, 6) is 1.99. The van der Waals surface area contributed by atoms with E-state index in [1.54, 1.807) is 0 Å². The number of hydrogen-bond acceptors (Lipinski definition) is 2. The maximum Gasteiger partial charge on any atom is 0.00996 e. The minimum Gasteiger partial charge on any atom is -0.313 e. The lowest BCUT2D eigenvalue weighted by molar-refractivity contribution is 0.420. The molecule has 1 N–H and O–H groups in total. The van der Waals surface area contributed by atoms with Gasteiger partial charge < -0.3 is 5.32 Å². The van der Waals surface area contributed by atoms with E-state index >= 15 is 0 Å². The molecule has 0 aliphatic rings. The third kappa shape index (κ3) is 10.3. The lowest BCUT2D eigenvalue weighted by Gasteiger charge is -2.17. The number of thioether (sulfide) groups is 1. The molecule has 94 valence electrons. The maximum atomic E-state index is 3.68. The fourth-order valence-corrected chi connectivity index (χ4v) is 2.12. The monoisotopic (exact) mass is 241 g/mol. The molecule has 0 aromatic heterocycles. The van der Waals surface area contributed by atoms with Gasteiger partial charge in [0.25, 0.3) is 0 Å². The average Bonchev–Trinajstić information content (AvgIpc) is 2.27. The molecule has 0 bridgehead atoms. The van der Waals surface area contributed by atoms with Crippen LogP contribution in [0.4, 0.5) is 0 Å². The third-order valence-electron chi connectivity index (χ3n) is 2.66. The van der Waals surface area contributed by atoms with Gasteiger partial charge in [-0.15, -0.1) is 18.3 Å². The predicted octanol–water partition coefficient (Wildman–Crippen LogP) is 4.22. The molecule has 2 heteroatoms. The summed E-state index contributed by atoms with van der Waals surface area (Å²) in [5, 5.41) is 5.73. The van der Waals surface area contributed by atoms with Gasteiger partial charge in [0.15, 0.2) is 0 Å². The molecule has 0 saturated heterocycles. The van der Waals surface area contributed by atoms with Crippen LogP contribution in [-0.4, -0.2) is 18.3 Å². The minimum atomic E-state index is 0.646. The SMILES string of the molecule is C=CC/C=C\SCCNC(C)CC(C)CC. The molecule has 0 heterocycles. The van der Waals surface area contributed by atoms with E-state index in [0.29, 0.717) is 6.04 Å². The molecule has 0 fully saturated rings. The van der Waals surface area contributed by atoms with E-state index in [1.807, 2.05) is 17.8 Å². The molecule has 2 atom stereocenters. The van der Waals surface area contributed by atoms with Gasteiger partial charge in [-0.1, -0.05) is 32.4 Å². The largest absolute Gasteiger partial charge is 0.313 e. The van der Waals surface area contributed by atoms with Crippen LogP contribution < -0.4 is 5.32 Å². The van der Waals surface area contributed by atoms with E-state index in [-0.39, 0.29) is 0 Å². The lowest BCUT2D eigenvalue weighted by atomic mass is 10.0. The Morgan fingerprint density at radius 1 is 1.38 bits per heavy atom. The summed E-state index contributed by atoms with van der Waals surface area (Å²) in [6, 6.07) is 0.646. The summed E-state index contributed by atoms with van der Waals surface area (Å²) in [6.07, 6.45) is 7.62. The van der Waals surface area contributed by atoms with Crippen LogP contribution in [0.3, 0.4) is 0 Å². The second kappa shape index (κ2) is 11.3. The van der Waals surface area contributed by atoms with Crippen molar-refractivity contribution in [1.29, 1.82) is 0 Å². The zero-order valence-corrected chi connectivity index (χ0v) is 11.9. The molecule has 0 saturated carbocycles. The molecule has 1 nitrogen and oxygen atoms in total. The lowest BCUT2D eigenvalue weighted by Crippen LogP contribution is -2.29. The highest BCUT2D eigenvalue weighted by Crippen LogP contribution is 2.09. The van der Waals surface area contributed by atoms with Gasteiger partial charge in [0.05, 0.1) is 0 Å². The van der Waals surface area contributed by atoms with Crippen molar-refractivity contribution in [2.24, 2.45) is 5.92 Å². The summed E-state index contributed by atoms with van der Waals surface area (Å²) in [7, 11) is 0. The number of hydrogen-bond donors (Lipinski definition) is 1.